The molecule has 6 aromatic rings. The van der Waals surface area contributed by atoms with Crippen LogP contribution in [0.2, 0.25) is 0 Å². The van der Waals surface area contributed by atoms with Crippen LogP contribution < -0.4 is 0 Å². The van der Waals surface area contributed by atoms with Crippen LogP contribution in [-0.2, 0) is 5.41 Å². The highest BCUT2D eigenvalue weighted by Crippen LogP contribution is 2.60. The van der Waals surface area contributed by atoms with Gasteiger partial charge >= 0.3 is 0 Å². The molecule has 2 aliphatic rings. The van der Waals surface area contributed by atoms with Crippen LogP contribution in [0, 0.1) is 0 Å². The molecule has 1 nitrogen and oxygen atoms in total. The van der Waals surface area contributed by atoms with Gasteiger partial charge in [0.1, 0.15) is 0 Å². The maximum atomic E-state index is 2.49. The van der Waals surface area contributed by atoms with Gasteiger partial charge in [0.05, 0.1) is 22.1 Å². The van der Waals surface area contributed by atoms with E-state index >= 15 is 0 Å². The van der Waals surface area contributed by atoms with Crippen molar-refractivity contribution in [3.8, 4) is 5.69 Å². The second-order valence-electron chi connectivity index (χ2n) is 8.92. The normalized spacial score (nSPS) is 14.8. The molecule has 2 aliphatic heterocycles. The molecule has 2 heteroatoms. The van der Waals surface area contributed by atoms with Gasteiger partial charge in [-0.05, 0) is 46.5 Å². The number of hydrogen-bond donors (Lipinski definition) is 0. The highest BCUT2D eigenvalue weighted by atomic mass is 32.2. The third kappa shape index (κ3) is 2.02. The van der Waals surface area contributed by atoms with Crippen LogP contribution in [0.5, 0.6) is 0 Å². The number of aromatic nitrogens is 1. The number of fused-ring (bicyclic) bond motifs is 11. The second-order valence-corrected chi connectivity index (χ2v) is 10.00. The lowest BCUT2D eigenvalue weighted by Gasteiger charge is -2.45. The highest BCUT2D eigenvalue weighted by molar-refractivity contribution is 7.99. The van der Waals surface area contributed by atoms with Crippen molar-refractivity contribution in [2.45, 2.75) is 15.2 Å². The topological polar surface area (TPSA) is 4.93 Å². The number of benzene rings is 5. The second kappa shape index (κ2) is 6.18. The average molecular weight is 438 g/mol. The van der Waals surface area contributed by atoms with E-state index in [1.807, 2.05) is 11.8 Å². The molecule has 33 heavy (non-hydrogen) atoms. The predicted octanol–water partition coefficient (Wildman–Crippen LogP) is 7.94. The van der Waals surface area contributed by atoms with Crippen LogP contribution in [0.15, 0.2) is 125 Å². The summed E-state index contributed by atoms with van der Waals surface area (Å²) in [4.78, 5) is 2.68. The third-order valence-corrected chi connectivity index (χ3v) is 8.60. The Morgan fingerprint density at radius 2 is 1.06 bits per heavy atom. The van der Waals surface area contributed by atoms with Gasteiger partial charge in [0, 0.05) is 20.6 Å². The van der Waals surface area contributed by atoms with Crippen molar-refractivity contribution < 1.29 is 0 Å². The standard InChI is InChI=1S/C31H19NS/c1-5-16-26-20(10-1)21-11-9-15-25-30(21)32(26)27-17-6-2-12-22(27)31(25)23-13-3-7-18-28(23)33-29-19-8-4-14-24(29)31/h1-19H. The van der Waals surface area contributed by atoms with Gasteiger partial charge in [-0.2, -0.15) is 0 Å². The molecule has 0 amide bonds. The van der Waals surface area contributed by atoms with Gasteiger partial charge in [0.2, 0.25) is 0 Å². The number of rotatable bonds is 0. The van der Waals surface area contributed by atoms with Crippen LogP contribution in [0.1, 0.15) is 22.3 Å². The van der Waals surface area contributed by atoms with Crippen molar-refractivity contribution in [2.75, 3.05) is 0 Å². The number of para-hydroxylation sites is 3. The number of nitrogens with zero attached hydrogens (tertiary/aromatic N) is 1. The average Bonchev–Trinajstić information content (AvgIpc) is 3.22. The zero-order chi connectivity index (χ0) is 21.6. The van der Waals surface area contributed by atoms with Gasteiger partial charge < -0.3 is 4.57 Å². The van der Waals surface area contributed by atoms with Gasteiger partial charge in [0.25, 0.3) is 0 Å². The third-order valence-electron chi connectivity index (χ3n) is 7.45. The van der Waals surface area contributed by atoms with Crippen molar-refractivity contribution in [3.05, 3.63) is 138 Å². The van der Waals surface area contributed by atoms with Crippen LogP contribution in [-0.4, -0.2) is 4.57 Å². The molecule has 8 rings (SSSR count). The zero-order valence-corrected chi connectivity index (χ0v) is 18.6. The molecule has 0 saturated carbocycles. The monoisotopic (exact) mass is 437 g/mol. The first-order valence-corrected chi connectivity index (χ1v) is 12.2. The van der Waals surface area contributed by atoms with Crippen LogP contribution >= 0.6 is 11.8 Å². The quantitative estimate of drug-likeness (QED) is 0.233. The molecule has 0 saturated heterocycles. The molecule has 0 unspecified atom stereocenters. The minimum absolute atomic E-state index is 0.348. The maximum absolute atomic E-state index is 2.49. The molecular weight excluding hydrogens is 418 g/mol. The lowest BCUT2D eigenvalue weighted by Crippen LogP contribution is -2.37. The largest absolute Gasteiger partial charge is 0.309 e. The SMILES string of the molecule is c1ccc2c(c1)Sc1ccccc1C21c2ccccc2-n2c3ccccc3c3cccc1c32. The Bertz CT molecular complexity index is 1710. The van der Waals surface area contributed by atoms with E-state index in [9.17, 15) is 0 Å². The maximum Gasteiger partial charge on any atom is 0.0764 e. The first-order chi connectivity index (χ1) is 16.4. The smallest absolute Gasteiger partial charge is 0.0764 e. The molecule has 0 fully saturated rings. The van der Waals surface area contributed by atoms with Gasteiger partial charge in [-0.15, -0.1) is 0 Å². The van der Waals surface area contributed by atoms with E-state index in [1.54, 1.807) is 0 Å². The Labute approximate surface area is 196 Å². The lowest BCUT2D eigenvalue weighted by atomic mass is 9.63. The summed E-state index contributed by atoms with van der Waals surface area (Å²) in [7, 11) is 0. The van der Waals surface area contributed by atoms with Crippen molar-refractivity contribution >= 4 is 33.6 Å². The molecule has 0 atom stereocenters. The Balaban J connectivity index is 1.70. The van der Waals surface area contributed by atoms with Crippen molar-refractivity contribution in [3.63, 3.8) is 0 Å². The summed E-state index contributed by atoms with van der Waals surface area (Å²) < 4.78 is 2.49. The molecule has 0 radical (unpaired) electrons. The Hall–Kier alpha value is -3.75. The summed E-state index contributed by atoms with van der Waals surface area (Å²) >= 11 is 1.89. The zero-order valence-electron chi connectivity index (χ0n) is 17.8. The van der Waals surface area contributed by atoms with Crippen molar-refractivity contribution in [1.82, 2.24) is 4.57 Å². The molecule has 154 valence electrons. The minimum atomic E-state index is -0.348. The summed E-state index contributed by atoms with van der Waals surface area (Å²) in [5, 5.41) is 2.64. The molecule has 5 aromatic carbocycles. The fraction of sp³-hybridized carbons (Fsp3) is 0.0323. The van der Waals surface area contributed by atoms with E-state index in [4.69, 9.17) is 0 Å². The van der Waals surface area contributed by atoms with E-state index in [2.05, 4.69) is 120 Å². The fourth-order valence-electron chi connectivity index (χ4n) is 6.28. The summed E-state index contributed by atoms with van der Waals surface area (Å²) in [6.07, 6.45) is 0. The van der Waals surface area contributed by atoms with Crippen LogP contribution in [0.3, 0.4) is 0 Å². The van der Waals surface area contributed by atoms with Gasteiger partial charge in [-0.3, -0.25) is 0 Å². The van der Waals surface area contributed by atoms with Gasteiger partial charge in [0.15, 0.2) is 0 Å². The number of hydrogen-bond acceptors (Lipinski definition) is 1. The van der Waals surface area contributed by atoms with E-state index < -0.39 is 0 Å². The molecular formula is C31H19NS. The van der Waals surface area contributed by atoms with Crippen molar-refractivity contribution in [2.24, 2.45) is 0 Å². The van der Waals surface area contributed by atoms with E-state index in [1.165, 1.54) is 59.5 Å². The summed E-state index contributed by atoms with van der Waals surface area (Å²) in [5.41, 5.74) is 9.01. The molecule has 1 spiro atoms. The molecule has 3 heterocycles. The predicted molar refractivity (Wildman–Crippen MR) is 137 cm³/mol. The van der Waals surface area contributed by atoms with Gasteiger partial charge in [-0.25, -0.2) is 0 Å². The molecule has 1 aromatic heterocycles. The summed E-state index contributed by atoms with van der Waals surface area (Å²) in [6.45, 7) is 0. The van der Waals surface area contributed by atoms with Crippen LogP contribution in [0.25, 0.3) is 27.5 Å². The Morgan fingerprint density at radius 1 is 0.485 bits per heavy atom. The van der Waals surface area contributed by atoms with E-state index in [0.717, 1.165) is 0 Å². The van der Waals surface area contributed by atoms with Gasteiger partial charge in [-0.1, -0.05) is 103 Å². The Morgan fingerprint density at radius 3 is 1.85 bits per heavy atom. The van der Waals surface area contributed by atoms with E-state index in [0.29, 0.717) is 0 Å². The molecule has 0 bridgehead atoms. The first-order valence-electron chi connectivity index (χ1n) is 11.4. The highest BCUT2D eigenvalue weighted by Gasteiger charge is 2.49. The summed E-state index contributed by atoms with van der Waals surface area (Å²) in [6, 6.07) is 42.7. The van der Waals surface area contributed by atoms with E-state index in [-0.39, 0.29) is 5.41 Å². The van der Waals surface area contributed by atoms with Crippen molar-refractivity contribution in [1.29, 1.82) is 0 Å². The minimum Gasteiger partial charge on any atom is -0.309 e. The first kappa shape index (κ1) is 17.8. The molecule has 0 N–H and O–H groups in total. The molecule has 0 aliphatic carbocycles. The fourth-order valence-corrected chi connectivity index (χ4v) is 7.47. The summed E-state index contributed by atoms with van der Waals surface area (Å²) in [5.74, 6) is 0. The van der Waals surface area contributed by atoms with Crippen LogP contribution in [0.4, 0.5) is 0 Å². The Kier molecular flexibility index (Phi) is 3.33. The lowest BCUT2D eigenvalue weighted by molar-refractivity contribution is 0.689.